The van der Waals surface area contributed by atoms with Crippen molar-refractivity contribution < 1.29 is 13.9 Å². The molecule has 31 heavy (non-hydrogen) atoms. The molecule has 5 rings (SSSR count). The molecule has 1 fully saturated rings. The van der Waals surface area contributed by atoms with Gasteiger partial charge in [-0.1, -0.05) is 19.1 Å². The van der Waals surface area contributed by atoms with E-state index >= 15 is 0 Å². The third-order valence-electron chi connectivity index (χ3n) is 6.43. The van der Waals surface area contributed by atoms with Crippen molar-refractivity contribution in [3.63, 3.8) is 0 Å². The molecule has 160 valence electrons. The molecule has 2 atom stereocenters. The molecular formula is C26H25FINO2. The van der Waals surface area contributed by atoms with Crippen LogP contribution in [-0.2, 0) is 11.2 Å². The highest BCUT2D eigenvalue weighted by atomic mass is 127. The maximum absolute atomic E-state index is 14.5. The van der Waals surface area contributed by atoms with E-state index in [1.807, 2.05) is 12.1 Å². The summed E-state index contributed by atoms with van der Waals surface area (Å²) in [5.74, 6) is 0.140. The smallest absolute Gasteiger partial charge is 0.165 e. The van der Waals surface area contributed by atoms with Crippen molar-refractivity contribution in [2.75, 3.05) is 13.7 Å². The number of halogens is 2. The number of nitrogens with zero attached hydrogens (tertiary/aromatic N) is 1. The number of benzene rings is 2. The van der Waals surface area contributed by atoms with Gasteiger partial charge in [0.05, 0.1) is 24.6 Å². The molecule has 3 nitrogen and oxygen atoms in total. The lowest BCUT2D eigenvalue weighted by Crippen LogP contribution is -2.33. The lowest BCUT2D eigenvalue weighted by Gasteiger charge is -2.31. The Labute approximate surface area is 196 Å². The summed E-state index contributed by atoms with van der Waals surface area (Å²) in [5, 5.41) is 0. The highest BCUT2D eigenvalue weighted by molar-refractivity contribution is 14.1. The van der Waals surface area contributed by atoms with Crippen LogP contribution in [0.1, 0.15) is 37.3 Å². The number of allylic oxidation sites excluding steroid dienone is 3. The van der Waals surface area contributed by atoms with Crippen LogP contribution in [0.25, 0.3) is 16.7 Å². The molecule has 0 spiro atoms. The maximum atomic E-state index is 14.5. The molecule has 0 bridgehead atoms. The van der Waals surface area contributed by atoms with Crippen LogP contribution in [-0.4, -0.2) is 25.5 Å². The van der Waals surface area contributed by atoms with Gasteiger partial charge in [0.25, 0.3) is 0 Å². The van der Waals surface area contributed by atoms with Crippen LogP contribution in [0, 0.1) is 11.7 Å². The zero-order valence-electron chi connectivity index (χ0n) is 17.8. The molecular weight excluding hydrogens is 504 g/mol. The Hall–Kier alpha value is -1.99. The Balaban J connectivity index is 1.55. The molecule has 0 amide bonds. The predicted octanol–water partition coefficient (Wildman–Crippen LogP) is 7.05. The van der Waals surface area contributed by atoms with Crippen LogP contribution in [0.4, 0.5) is 10.1 Å². The van der Waals surface area contributed by atoms with E-state index in [-0.39, 0.29) is 23.6 Å². The van der Waals surface area contributed by atoms with E-state index in [2.05, 4.69) is 53.8 Å². The highest BCUT2D eigenvalue weighted by Gasteiger charge is 2.35. The summed E-state index contributed by atoms with van der Waals surface area (Å²) in [4.78, 5) is 5.01. The Morgan fingerprint density at radius 1 is 1.19 bits per heavy atom. The first-order valence-corrected chi connectivity index (χ1v) is 12.0. The third-order valence-corrected chi connectivity index (χ3v) is 7.10. The molecule has 2 heterocycles. The standard InChI is InChI=1S/C26H25FINO2/c1-3-15-11-25(30-2)22(27)14-18(15)16-7-8-23-19(10-16)20-12-17(28)13-21(26(20)29-23)24-6-4-5-9-31-24/h7-8,10-14,21,24H,3-6,9H2,1-2H3. The molecule has 0 N–H and O–H groups in total. The Morgan fingerprint density at radius 2 is 2.06 bits per heavy atom. The zero-order chi connectivity index (χ0) is 21.5. The van der Waals surface area contributed by atoms with Gasteiger partial charge in [-0.25, -0.2) is 4.39 Å². The first kappa shape index (κ1) is 20.9. The molecule has 1 aliphatic carbocycles. The fourth-order valence-corrected chi connectivity index (χ4v) is 5.53. The van der Waals surface area contributed by atoms with Gasteiger partial charge in [0, 0.05) is 27.2 Å². The second-order valence-corrected chi connectivity index (χ2v) is 9.51. The number of rotatable bonds is 4. The Kier molecular flexibility index (Phi) is 5.73. The number of fused-ring (bicyclic) bond motifs is 3. The molecule has 5 heteroatoms. The second-order valence-electron chi connectivity index (χ2n) is 8.27. The van der Waals surface area contributed by atoms with Gasteiger partial charge in [-0.3, -0.25) is 4.99 Å². The quantitative estimate of drug-likeness (QED) is 0.398. The van der Waals surface area contributed by atoms with Crippen LogP contribution in [0.2, 0.25) is 0 Å². The monoisotopic (exact) mass is 529 g/mol. The largest absolute Gasteiger partial charge is 0.494 e. The zero-order valence-corrected chi connectivity index (χ0v) is 19.9. The topological polar surface area (TPSA) is 30.8 Å². The first-order chi connectivity index (χ1) is 15.1. The average Bonchev–Trinajstić information content (AvgIpc) is 3.16. The second kappa shape index (κ2) is 8.51. The van der Waals surface area contributed by atoms with Crippen molar-refractivity contribution in [2.45, 2.75) is 38.7 Å². The minimum absolute atomic E-state index is 0.188. The van der Waals surface area contributed by atoms with Crippen molar-refractivity contribution in [1.82, 2.24) is 0 Å². The fourth-order valence-electron chi connectivity index (χ4n) is 4.83. The minimum atomic E-state index is -0.337. The molecule has 0 aromatic heterocycles. The van der Waals surface area contributed by atoms with Crippen LogP contribution < -0.4 is 4.74 Å². The van der Waals surface area contributed by atoms with Crippen LogP contribution in [0.3, 0.4) is 0 Å². The lowest BCUT2D eigenvalue weighted by molar-refractivity contribution is 0.00533. The number of aryl methyl sites for hydroxylation is 1. The molecule has 2 aromatic rings. The van der Waals surface area contributed by atoms with Gasteiger partial charge in [-0.2, -0.15) is 0 Å². The fraction of sp³-hybridized carbons (Fsp3) is 0.346. The summed E-state index contributed by atoms with van der Waals surface area (Å²) in [5.41, 5.74) is 7.37. The molecule has 2 unspecified atom stereocenters. The van der Waals surface area contributed by atoms with E-state index in [1.54, 1.807) is 6.07 Å². The lowest BCUT2D eigenvalue weighted by atomic mass is 9.83. The normalized spacial score (nSPS) is 22.3. The van der Waals surface area contributed by atoms with Gasteiger partial charge in [-0.05, 0) is 95.3 Å². The molecule has 2 aromatic carbocycles. The van der Waals surface area contributed by atoms with Crippen molar-refractivity contribution in [3.8, 4) is 16.9 Å². The highest BCUT2D eigenvalue weighted by Crippen LogP contribution is 2.45. The Bertz CT molecular complexity index is 1130. The predicted molar refractivity (Wildman–Crippen MR) is 132 cm³/mol. The van der Waals surface area contributed by atoms with Gasteiger partial charge < -0.3 is 9.47 Å². The molecule has 3 aliphatic rings. The van der Waals surface area contributed by atoms with E-state index in [0.29, 0.717) is 0 Å². The van der Waals surface area contributed by atoms with Gasteiger partial charge in [0.1, 0.15) is 0 Å². The minimum Gasteiger partial charge on any atom is -0.494 e. The van der Waals surface area contributed by atoms with Crippen LogP contribution >= 0.6 is 22.6 Å². The van der Waals surface area contributed by atoms with Gasteiger partial charge in [-0.15, -0.1) is 0 Å². The molecule has 0 radical (unpaired) electrons. The van der Waals surface area contributed by atoms with E-state index in [9.17, 15) is 4.39 Å². The maximum Gasteiger partial charge on any atom is 0.165 e. The van der Waals surface area contributed by atoms with Crippen molar-refractivity contribution in [2.24, 2.45) is 10.9 Å². The number of methoxy groups -OCH3 is 1. The summed E-state index contributed by atoms with van der Waals surface area (Å²) in [6.07, 6.45) is 8.92. The first-order valence-electron chi connectivity index (χ1n) is 10.9. The number of hydrogen-bond acceptors (Lipinski definition) is 3. The molecule has 0 saturated carbocycles. The van der Waals surface area contributed by atoms with Gasteiger partial charge >= 0.3 is 0 Å². The summed E-state index contributed by atoms with van der Waals surface area (Å²) in [6.45, 7) is 2.91. The summed E-state index contributed by atoms with van der Waals surface area (Å²) in [6, 6.07) is 9.66. The van der Waals surface area contributed by atoms with Gasteiger partial charge in [0.2, 0.25) is 0 Å². The number of hydrogen-bond donors (Lipinski definition) is 0. The summed E-state index contributed by atoms with van der Waals surface area (Å²) >= 11 is 2.40. The number of ether oxygens (including phenoxy) is 2. The molecule has 2 aliphatic heterocycles. The summed E-state index contributed by atoms with van der Waals surface area (Å²) < 4.78 is 27.0. The van der Waals surface area contributed by atoms with Crippen molar-refractivity contribution >= 4 is 39.6 Å². The number of aliphatic imine (C=N–C) groups is 1. The summed E-state index contributed by atoms with van der Waals surface area (Å²) in [7, 11) is 1.50. The van der Waals surface area contributed by atoms with E-state index in [1.165, 1.54) is 22.7 Å². The SMILES string of the molecule is CCc1cc(OC)c(F)cc1-c1ccc2c(c1)C1=CC(I)=CC(C3CCCCO3)C1=N2. The third kappa shape index (κ3) is 3.76. The van der Waals surface area contributed by atoms with E-state index < -0.39 is 0 Å². The van der Waals surface area contributed by atoms with Crippen LogP contribution in [0.5, 0.6) is 5.75 Å². The molecule has 1 saturated heterocycles. The van der Waals surface area contributed by atoms with Crippen molar-refractivity contribution in [1.29, 1.82) is 0 Å². The Morgan fingerprint density at radius 3 is 2.81 bits per heavy atom. The van der Waals surface area contributed by atoms with E-state index in [0.717, 1.165) is 59.5 Å². The average molecular weight is 529 g/mol. The van der Waals surface area contributed by atoms with Crippen LogP contribution in [0.15, 0.2) is 51.1 Å². The van der Waals surface area contributed by atoms with Gasteiger partial charge in [0.15, 0.2) is 11.6 Å². The van der Waals surface area contributed by atoms with Crippen molar-refractivity contribution in [3.05, 3.63) is 63.0 Å². The van der Waals surface area contributed by atoms with E-state index in [4.69, 9.17) is 14.5 Å².